The standard InChI is InChI=1S/C22H33NO3S2/c1-15-12-16(2)18(4)22(17(15)3)27-13-21(24)23(19-8-6-5-7-9-19)20-10-11-28(25,26)14-20/h12,19-20H,5-11,13-14H2,1-4H3. The molecule has 156 valence electrons. The van der Waals surface area contributed by atoms with Crippen LogP contribution >= 0.6 is 11.8 Å². The van der Waals surface area contributed by atoms with Crippen molar-refractivity contribution in [1.82, 2.24) is 4.90 Å². The van der Waals surface area contributed by atoms with Gasteiger partial charge in [-0.25, -0.2) is 8.42 Å². The summed E-state index contributed by atoms with van der Waals surface area (Å²) in [5.74, 6) is 0.854. The number of hydrogen-bond donors (Lipinski definition) is 0. The molecule has 2 aliphatic rings. The summed E-state index contributed by atoms with van der Waals surface area (Å²) in [6.07, 6.45) is 6.10. The van der Waals surface area contributed by atoms with Crippen molar-refractivity contribution in [3.63, 3.8) is 0 Å². The van der Waals surface area contributed by atoms with Crippen LogP contribution in [0.1, 0.15) is 60.8 Å². The van der Waals surface area contributed by atoms with Gasteiger partial charge < -0.3 is 4.90 Å². The Balaban J connectivity index is 1.78. The zero-order chi connectivity index (χ0) is 20.5. The molecule has 28 heavy (non-hydrogen) atoms. The van der Waals surface area contributed by atoms with Gasteiger partial charge in [0.15, 0.2) is 9.84 Å². The van der Waals surface area contributed by atoms with E-state index in [4.69, 9.17) is 0 Å². The van der Waals surface area contributed by atoms with Gasteiger partial charge in [0.25, 0.3) is 0 Å². The Bertz CT molecular complexity index is 816. The molecule has 0 aromatic heterocycles. The fraction of sp³-hybridized carbons (Fsp3) is 0.682. The van der Waals surface area contributed by atoms with Crippen LogP contribution in [0.3, 0.4) is 0 Å². The van der Waals surface area contributed by atoms with Gasteiger partial charge in [0.05, 0.1) is 17.3 Å². The van der Waals surface area contributed by atoms with Crippen LogP contribution < -0.4 is 0 Å². The third-order valence-electron chi connectivity index (χ3n) is 6.50. The lowest BCUT2D eigenvalue weighted by atomic mass is 9.93. The molecule has 1 saturated carbocycles. The Morgan fingerprint density at radius 3 is 2.14 bits per heavy atom. The maximum Gasteiger partial charge on any atom is 0.233 e. The fourth-order valence-electron chi connectivity index (χ4n) is 4.67. The number of amides is 1. The van der Waals surface area contributed by atoms with Crippen molar-refractivity contribution in [1.29, 1.82) is 0 Å². The first-order chi connectivity index (χ1) is 13.2. The number of thioether (sulfide) groups is 1. The SMILES string of the molecule is Cc1cc(C)c(C)c(SCC(=O)N(C2CCCCC2)C2CCS(=O)(=O)C2)c1C. The van der Waals surface area contributed by atoms with Gasteiger partial charge in [-0.2, -0.15) is 0 Å². The van der Waals surface area contributed by atoms with E-state index in [0.29, 0.717) is 12.2 Å². The fourth-order valence-corrected chi connectivity index (χ4v) is 7.55. The average molecular weight is 424 g/mol. The molecular weight excluding hydrogens is 390 g/mol. The molecule has 1 unspecified atom stereocenters. The van der Waals surface area contributed by atoms with Gasteiger partial charge in [0, 0.05) is 17.0 Å². The number of carbonyl (C=O) groups is 1. The van der Waals surface area contributed by atoms with Crippen LogP contribution in [0.2, 0.25) is 0 Å². The van der Waals surface area contributed by atoms with E-state index >= 15 is 0 Å². The van der Waals surface area contributed by atoms with E-state index in [9.17, 15) is 13.2 Å². The van der Waals surface area contributed by atoms with Crippen LogP contribution in [0.15, 0.2) is 11.0 Å². The highest BCUT2D eigenvalue weighted by Crippen LogP contribution is 2.33. The minimum absolute atomic E-state index is 0.108. The molecule has 0 radical (unpaired) electrons. The summed E-state index contributed by atoms with van der Waals surface area (Å²) in [7, 11) is -3.01. The lowest BCUT2D eigenvalue weighted by Crippen LogP contribution is -2.49. The highest BCUT2D eigenvalue weighted by molar-refractivity contribution is 8.00. The van der Waals surface area contributed by atoms with Gasteiger partial charge in [-0.3, -0.25) is 4.79 Å². The van der Waals surface area contributed by atoms with Crippen molar-refractivity contribution in [2.45, 2.75) is 83.2 Å². The van der Waals surface area contributed by atoms with Crippen LogP contribution in [0.4, 0.5) is 0 Å². The van der Waals surface area contributed by atoms with E-state index in [2.05, 4.69) is 33.8 Å². The summed E-state index contributed by atoms with van der Waals surface area (Å²) < 4.78 is 24.1. The van der Waals surface area contributed by atoms with Gasteiger partial charge >= 0.3 is 0 Å². The van der Waals surface area contributed by atoms with E-state index in [1.165, 1.54) is 33.6 Å². The number of hydrogen-bond acceptors (Lipinski definition) is 4. The maximum atomic E-state index is 13.3. The van der Waals surface area contributed by atoms with Gasteiger partial charge in [0.2, 0.25) is 5.91 Å². The lowest BCUT2D eigenvalue weighted by molar-refractivity contribution is -0.133. The first kappa shape index (κ1) is 21.7. The van der Waals surface area contributed by atoms with Gasteiger partial charge in [-0.15, -0.1) is 11.8 Å². The predicted octanol–water partition coefficient (Wildman–Crippen LogP) is 4.36. The Labute approximate surface area is 174 Å². The number of benzene rings is 1. The normalized spacial score (nSPS) is 22.4. The minimum Gasteiger partial charge on any atom is -0.335 e. The molecule has 6 heteroatoms. The number of rotatable bonds is 5. The summed E-state index contributed by atoms with van der Waals surface area (Å²) >= 11 is 1.62. The molecule has 3 rings (SSSR count). The molecule has 2 fully saturated rings. The van der Waals surface area contributed by atoms with Gasteiger partial charge in [0.1, 0.15) is 0 Å². The van der Waals surface area contributed by atoms with Crippen LogP contribution in [-0.2, 0) is 14.6 Å². The summed E-state index contributed by atoms with van der Waals surface area (Å²) in [6, 6.07) is 2.28. The van der Waals surface area contributed by atoms with Crippen molar-refractivity contribution >= 4 is 27.5 Å². The third-order valence-corrected chi connectivity index (χ3v) is 9.54. The molecule has 1 aliphatic heterocycles. The van der Waals surface area contributed by atoms with Gasteiger partial charge in [-0.1, -0.05) is 25.3 Å². The topological polar surface area (TPSA) is 54.5 Å². The molecule has 1 saturated heterocycles. The van der Waals surface area contributed by atoms with Crippen molar-refractivity contribution in [2.75, 3.05) is 17.3 Å². The molecule has 0 bridgehead atoms. The maximum absolute atomic E-state index is 13.3. The van der Waals surface area contributed by atoms with Crippen LogP contribution in [0, 0.1) is 27.7 Å². The molecule has 1 amide bonds. The highest BCUT2D eigenvalue weighted by atomic mass is 32.2. The number of aryl methyl sites for hydroxylation is 2. The summed E-state index contributed by atoms with van der Waals surface area (Å²) in [5.41, 5.74) is 5.00. The predicted molar refractivity (Wildman–Crippen MR) is 117 cm³/mol. The molecule has 1 atom stereocenters. The third kappa shape index (κ3) is 4.76. The zero-order valence-corrected chi connectivity index (χ0v) is 19.2. The average Bonchev–Trinajstić information content (AvgIpc) is 3.00. The summed E-state index contributed by atoms with van der Waals surface area (Å²) in [4.78, 5) is 16.5. The van der Waals surface area contributed by atoms with Crippen LogP contribution in [-0.4, -0.2) is 48.6 Å². The summed E-state index contributed by atoms with van der Waals surface area (Å²) in [5, 5.41) is 0. The quantitative estimate of drug-likeness (QED) is 0.660. The van der Waals surface area contributed by atoms with E-state index in [0.717, 1.165) is 25.7 Å². The number of nitrogens with zero attached hydrogens (tertiary/aromatic N) is 1. The second-order valence-corrected chi connectivity index (χ2v) is 11.7. The van der Waals surface area contributed by atoms with E-state index in [1.54, 1.807) is 11.8 Å². The molecule has 1 aliphatic carbocycles. The molecule has 1 heterocycles. The lowest BCUT2D eigenvalue weighted by Gasteiger charge is -2.38. The second kappa shape index (κ2) is 8.78. The van der Waals surface area contributed by atoms with Crippen molar-refractivity contribution in [2.24, 2.45) is 0 Å². The minimum atomic E-state index is -3.01. The van der Waals surface area contributed by atoms with E-state index in [-0.39, 0.29) is 29.5 Å². The summed E-state index contributed by atoms with van der Waals surface area (Å²) in [6.45, 7) is 8.48. The molecule has 0 spiro atoms. The Morgan fingerprint density at radius 2 is 1.61 bits per heavy atom. The Kier molecular flexibility index (Phi) is 6.80. The first-order valence-corrected chi connectivity index (χ1v) is 13.2. The number of carbonyl (C=O) groups excluding carboxylic acids is 1. The van der Waals surface area contributed by atoms with E-state index < -0.39 is 9.84 Å². The zero-order valence-electron chi connectivity index (χ0n) is 17.6. The van der Waals surface area contributed by atoms with Crippen LogP contribution in [0.5, 0.6) is 0 Å². The second-order valence-electron chi connectivity index (χ2n) is 8.53. The largest absolute Gasteiger partial charge is 0.335 e. The molecule has 1 aromatic carbocycles. The molecule has 1 aromatic rings. The van der Waals surface area contributed by atoms with E-state index in [1.807, 2.05) is 4.90 Å². The Hall–Kier alpha value is -1.01. The molecule has 0 N–H and O–H groups in total. The molecule has 4 nitrogen and oxygen atoms in total. The molecular formula is C22H33NO3S2. The number of sulfone groups is 1. The first-order valence-electron chi connectivity index (χ1n) is 10.4. The van der Waals surface area contributed by atoms with Gasteiger partial charge in [-0.05, 0) is 69.2 Å². The van der Waals surface area contributed by atoms with Crippen LogP contribution in [0.25, 0.3) is 0 Å². The highest BCUT2D eigenvalue weighted by Gasteiger charge is 2.38. The monoisotopic (exact) mass is 423 g/mol. The van der Waals surface area contributed by atoms with Crippen molar-refractivity contribution in [3.8, 4) is 0 Å². The van der Waals surface area contributed by atoms with Crippen molar-refractivity contribution in [3.05, 3.63) is 28.3 Å². The smallest absolute Gasteiger partial charge is 0.233 e. The van der Waals surface area contributed by atoms with Crippen molar-refractivity contribution < 1.29 is 13.2 Å². The Morgan fingerprint density at radius 1 is 1.00 bits per heavy atom.